The monoisotopic (exact) mass is 236 g/mol. The lowest BCUT2D eigenvalue weighted by atomic mass is 10.1. The molecule has 0 amide bonds. The second-order valence-corrected chi connectivity index (χ2v) is 4.62. The summed E-state index contributed by atoms with van der Waals surface area (Å²) in [6.45, 7) is 6.34. The summed E-state index contributed by atoms with van der Waals surface area (Å²) >= 11 is 0. The lowest BCUT2D eigenvalue weighted by Crippen LogP contribution is -2.29. The molecule has 3 nitrogen and oxygen atoms in total. The first-order valence-electron chi connectivity index (χ1n) is 6.62. The average molecular weight is 236 g/mol. The fourth-order valence-electron chi connectivity index (χ4n) is 1.84. The molecule has 0 aliphatic rings. The van der Waals surface area contributed by atoms with Crippen molar-refractivity contribution in [1.82, 2.24) is 9.88 Å². The zero-order valence-corrected chi connectivity index (χ0v) is 11.0. The van der Waals surface area contributed by atoms with Gasteiger partial charge in [-0.3, -0.25) is 4.79 Å². The van der Waals surface area contributed by atoms with Crippen molar-refractivity contribution in [3.63, 3.8) is 0 Å². The van der Waals surface area contributed by atoms with Crippen LogP contribution in [0.5, 0.6) is 0 Å². The van der Waals surface area contributed by atoms with Crippen LogP contribution in [0.1, 0.15) is 39.5 Å². The molecule has 0 fully saturated rings. The van der Waals surface area contributed by atoms with Crippen molar-refractivity contribution in [1.29, 1.82) is 0 Å². The summed E-state index contributed by atoms with van der Waals surface area (Å²) in [5.41, 5.74) is 0.0714. The molecule has 96 valence electrons. The molecule has 1 rings (SSSR count). The van der Waals surface area contributed by atoms with Gasteiger partial charge in [-0.05, 0) is 13.3 Å². The average Bonchev–Trinajstić information content (AvgIpc) is 2.32. The predicted octanol–water partition coefficient (Wildman–Crippen LogP) is 2.41. The molecule has 17 heavy (non-hydrogen) atoms. The Bertz CT molecular complexity index is 339. The van der Waals surface area contributed by atoms with E-state index in [9.17, 15) is 4.79 Å². The Morgan fingerprint density at radius 3 is 2.65 bits per heavy atom. The maximum atomic E-state index is 10.9. The van der Waals surface area contributed by atoms with Gasteiger partial charge in [-0.1, -0.05) is 26.2 Å². The molecule has 0 radical (unpaired) electrons. The molecule has 0 saturated heterocycles. The number of hydrogen-bond donors (Lipinski definition) is 1. The van der Waals surface area contributed by atoms with Crippen molar-refractivity contribution in [3.8, 4) is 0 Å². The summed E-state index contributed by atoms with van der Waals surface area (Å²) in [7, 11) is 0. The van der Waals surface area contributed by atoms with Gasteiger partial charge in [-0.15, -0.1) is 0 Å². The van der Waals surface area contributed by atoms with Gasteiger partial charge in [-0.2, -0.15) is 0 Å². The minimum absolute atomic E-state index is 0.0714. The summed E-state index contributed by atoms with van der Waals surface area (Å²) in [4.78, 5) is 10.9. The van der Waals surface area contributed by atoms with Crippen molar-refractivity contribution >= 4 is 0 Å². The highest BCUT2D eigenvalue weighted by atomic mass is 16.1. The zero-order chi connectivity index (χ0) is 12.5. The minimum Gasteiger partial charge on any atom is -0.353 e. The third-order valence-electron chi connectivity index (χ3n) is 2.96. The molecule has 1 atom stereocenters. The fraction of sp³-hybridized carbons (Fsp3) is 0.643. The van der Waals surface area contributed by atoms with E-state index < -0.39 is 0 Å². The Kier molecular flexibility index (Phi) is 6.63. The lowest BCUT2D eigenvalue weighted by Gasteiger charge is -2.14. The second kappa shape index (κ2) is 8.07. The number of rotatable bonds is 8. The Hall–Kier alpha value is -1.09. The van der Waals surface area contributed by atoms with Gasteiger partial charge in [0, 0.05) is 43.7 Å². The number of pyridine rings is 1. The fourth-order valence-corrected chi connectivity index (χ4v) is 1.84. The van der Waals surface area contributed by atoms with Crippen molar-refractivity contribution in [2.75, 3.05) is 6.54 Å². The van der Waals surface area contributed by atoms with E-state index in [0.29, 0.717) is 6.04 Å². The Morgan fingerprint density at radius 2 is 2.00 bits per heavy atom. The van der Waals surface area contributed by atoms with E-state index in [4.69, 9.17) is 0 Å². The first kappa shape index (κ1) is 14.0. The van der Waals surface area contributed by atoms with Gasteiger partial charge in [0.25, 0.3) is 0 Å². The summed E-state index contributed by atoms with van der Waals surface area (Å²) in [6.07, 6.45) is 8.84. The summed E-state index contributed by atoms with van der Waals surface area (Å²) in [6, 6.07) is 3.79. The highest BCUT2D eigenvalue weighted by Crippen LogP contribution is 2.02. The van der Waals surface area contributed by atoms with Crippen molar-refractivity contribution in [2.45, 2.75) is 52.1 Å². The standard InChI is InChI=1S/C14H24N2O/c1-3-4-5-6-13(2)15-9-12-16-10-7-14(17)8-11-16/h7-8,10-11,13,15H,3-6,9,12H2,1-2H3. The molecular weight excluding hydrogens is 212 g/mol. The molecule has 0 aliphatic carbocycles. The Balaban J connectivity index is 2.14. The van der Waals surface area contributed by atoms with Crippen LogP contribution in [-0.4, -0.2) is 17.2 Å². The first-order valence-corrected chi connectivity index (χ1v) is 6.62. The van der Waals surface area contributed by atoms with Crippen molar-refractivity contribution in [2.24, 2.45) is 0 Å². The van der Waals surface area contributed by atoms with E-state index in [2.05, 4.69) is 19.2 Å². The largest absolute Gasteiger partial charge is 0.353 e. The van der Waals surface area contributed by atoms with Crippen LogP contribution in [0, 0.1) is 0 Å². The van der Waals surface area contributed by atoms with E-state index >= 15 is 0 Å². The topological polar surface area (TPSA) is 34.0 Å². The number of unbranched alkanes of at least 4 members (excludes halogenated alkanes) is 2. The Morgan fingerprint density at radius 1 is 1.29 bits per heavy atom. The van der Waals surface area contributed by atoms with Crippen LogP contribution in [0.2, 0.25) is 0 Å². The van der Waals surface area contributed by atoms with Gasteiger partial charge >= 0.3 is 0 Å². The highest BCUT2D eigenvalue weighted by Gasteiger charge is 1.99. The Labute approximate surface area is 104 Å². The summed E-state index contributed by atoms with van der Waals surface area (Å²) < 4.78 is 2.03. The van der Waals surface area contributed by atoms with E-state index in [1.807, 2.05) is 17.0 Å². The molecule has 0 aromatic carbocycles. The van der Waals surface area contributed by atoms with Crippen molar-refractivity contribution in [3.05, 3.63) is 34.7 Å². The molecule has 1 heterocycles. The van der Waals surface area contributed by atoms with Crippen LogP contribution in [0.4, 0.5) is 0 Å². The predicted molar refractivity (Wildman–Crippen MR) is 72.3 cm³/mol. The lowest BCUT2D eigenvalue weighted by molar-refractivity contribution is 0.470. The molecule has 0 bridgehead atoms. The maximum Gasteiger partial charge on any atom is 0.181 e. The molecule has 1 aromatic heterocycles. The quantitative estimate of drug-likeness (QED) is 0.703. The van der Waals surface area contributed by atoms with Gasteiger partial charge < -0.3 is 9.88 Å². The van der Waals surface area contributed by atoms with Gasteiger partial charge in [0.1, 0.15) is 0 Å². The number of nitrogens with one attached hydrogen (secondary N) is 1. The third kappa shape index (κ3) is 6.27. The van der Waals surface area contributed by atoms with Crippen LogP contribution in [0.25, 0.3) is 0 Å². The van der Waals surface area contributed by atoms with Gasteiger partial charge in [-0.25, -0.2) is 0 Å². The van der Waals surface area contributed by atoms with Crippen LogP contribution in [0.15, 0.2) is 29.3 Å². The molecule has 1 N–H and O–H groups in total. The first-order chi connectivity index (χ1) is 8.22. The van der Waals surface area contributed by atoms with Gasteiger partial charge in [0.2, 0.25) is 0 Å². The molecule has 3 heteroatoms. The third-order valence-corrected chi connectivity index (χ3v) is 2.96. The van der Waals surface area contributed by atoms with E-state index in [1.165, 1.54) is 25.7 Å². The molecule has 1 aromatic rings. The summed E-state index contributed by atoms with van der Waals surface area (Å²) in [5.74, 6) is 0. The SMILES string of the molecule is CCCCCC(C)NCCn1ccc(=O)cc1. The van der Waals surface area contributed by atoms with E-state index in [1.54, 1.807) is 12.1 Å². The summed E-state index contributed by atoms with van der Waals surface area (Å²) in [5, 5.41) is 3.51. The van der Waals surface area contributed by atoms with E-state index in [0.717, 1.165) is 13.1 Å². The molecule has 0 spiro atoms. The highest BCUT2D eigenvalue weighted by molar-refractivity contribution is 4.93. The van der Waals surface area contributed by atoms with E-state index in [-0.39, 0.29) is 5.43 Å². The molecular formula is C14H24N2O. The van der Waals surface area contributed by atoms with Gasteiger partial charge in [0.15, 0.2) is 5.43 Å². The van der Waals surface area contributed by atoms with Crippen LogP contribution < -0.4 is 10.7 Å². The minimum atomic E-state index is 0.0714. The molecule has 1 unspecified atom stereocenters. The number of nitrogens with zero attached hydrogens (tertiary/aromatic N) is 1. The van der Waals surface area contributed by atoms with Gasteiger partial charge in [0.05, 0.1) is 0 Å². The number of hydrogen-bond acceptors (Lipinski definition) is 2. The molecule has 0 aliphatic heterocycles. The maximum absolute atomic E-state index is 10.9. The van der Waals surface area contributed by atoms with Crippen molar-refractivity contribution < 1.29 is 0 Å². The smallest absolute Gasteiger partial charge is 0.181 e. The van der Waals surface area contributed by atoms with Crippen LogP contribution in [-0.2, 0) is 6.54 Å². The van der Waals surface area contributed by atoms with Crippen LogP contribution >= 0.6 is 0 Å². The molecule has 0 saturated carbocycles. The zero-order valence-electron chi connectivity index (χ0n) is 11.0. The normalized spacial score (nSPS) is 12.6. The number of aromatic nitrogens is 1. The van der Waals surface area contributed by atoms with Crippen LogP contribution in [0.3, 0.4) is 0 Å². The second-order valence-electron chi connectivity index (χ2n) is 4.62.